The molecule has 0 heterocycles. The number of carbonyl (C=O) groups is 1. The second-order valence-electron chi connectivity index (χ2n) is 5.76. The zero-order valence-electron chi connectivity index (χ0n) is 14.7. The number of phenolic OH excluding ortho intramolecular Hbond substituents is 1. The van der Waals surface area contributed by atoms with Gasteiger partial charge in [0.2, 0.25) is 0 Å². The fraction of sp³-hybridized carbons (Fsp3) is 0.550. The van der Waals surface area contributed by atoms with Crippen LogP contribution in [0.25, 0.3) is 0 Å². The number of carboxylic acid groups (broad SMARTS) is 1. The van der Waals surface area contributed by atoms with Crippen LogP contribution in [-0.4, -0.2) is 16.2 Å². The van der Waals surface area contributed by atoms with E-state index in [0.717, 1.165) is 12.0 Å². The van der Waals surface area contributed by atoms with Gasteiger partial charge in [0.25, 0.3) is 0 Å². The number of para-hydroxylation sites is 1. The van der Waals surface area contributed by atoms with Gasteiger partial charge in [0.05, 0.1) is 0 Å². The summed E-state index contributed by atoms with van der Waals surface area (Å²) in [7, 11) is 0. The van der Waals surface area contributed by atoms with Crippen LogP contribution in [0.2, 0.25) is 0 Å². The zero-order chi connectivity index (χ0) is 17.5. The summed E-state index contributed by atoms with van der Waals surface area (Å²) in [6.45, 7) is 7.28. The molecular formula is C20H32O3. The van der Waals surface area contributed by atoms with Gasteiger partial charge in [-0.1, -0.05) is 77.2 Å². The maximum atomic E-state index is 9.83. The molecule has 0 aromatic heterocycles. The van der Waals surface area contributed by atoms with Crippen LogP contribution in [0.5, 0.6) is 5.75 Å². The van der Waals surface area contributed by atoms with Gasteiger partial charge in [0.1, 0.15) is 5.75 Å². The molecule has 0 saturated heterocycles. The molecule has 0 aliphatic rings. The van der Waals surface area contributed by atoms with E-state index in [2.05, 4.69) is 13.5 Å². The molecule has 0 spiro atoms. The SMILES string of the molecule is C=C(CC)C(=O)O.CCCCCCCCCc1ccccc1O. The van der Waals surface area contributed by atoms with Gasteiger partial charge in [-0.3, -0.25) is 0 Å². The Morgan fingerprint density at radius 2 is 1.57 bits per heavy atom. The monoisotopic (exact) mass is 320 g/mol. The fourth-order valence-electron chi connectivity index (χ4n) is 2.15. The largest absolute Gasteiger partial charge is 0.508 e. The smallest absolute Gasteiger partial charge is 0.330 e. The summed E-state index contributed by atoms with van der Waals surface area (Å²) in [6.07, 6.45) is 10.8. The first-order chi connectivity index (χ1) is 11.0. The summed E-state index contributed by atoms with van der Waals surface area (Å²) in [4.78, 5) is 9.83. The van der Waals surface area contributed by atoms with Gasteiger partial charge in [-0.15, -0.1) is 0 Å². The Balaban J connectivity index is 0.000000585. The van der Waals surface area contributed by atoms with Gasteiger partial charge in [-0.05, 0) is 30.9 Å². The Morgan fingerprint density at radius 1 is 1.00 bits per heavy atom. The number of phenols is 1. The van der Waals surface area contributed by atoms with Gasteiger partial charge in [0, 0.05) is 5.57 Å². The number of benzene rings is 1. The van der Waals surface area contributed by atoms with Crippen LogP contribution in [0.3, 0.4) is 0 Å². The highest BCUT2D eigenvalue weighted by Gasteiger charge is 1.99. The van der Waals surface area contributed by atoms with Crippen LogP contribution in [0.1, 0.15) is 70.8 Å². The summed E-state index contributed by atoms with van der Waals surface area (Å²) >= 11 is 0. The van der Waals surface area contributed by atoms with E-state index < -0.39 is 5.97 Å². The Labute approximate surface area is 141 Å². The van der Waals surface area contributed by atoms with E-state index in [9.17, 15) is 9.90 Å². The van der Waals surface area contributed by atoms with Crippen molar-refractivity contribution in [3.63, 3.8) is 0 Å². The van der Waals surface area contributed by atoms with Crippen molar-refractivity contribution in [1.29, 1.82) is 0 Å². The number of aromatic hydroxyl groups is 1. The Morgan fingerprint density at radius 3 is 2.04 bits per heavy atom. The summed E-state index contributed by atoms with van der Waals surface area (Å²) < 4.78 is 0. The molecule has 0 radical (unpaired) electrons. The van der Waals surface area contributed by atoms with E-state index in [1.54, 1.807) is 13.0 Å². The zero-order valence-corrected chi connectivity index (χ0v) is 14.7. The number of aryl methyl sites for hydroxylation is 1. The molecule has 1 rings (SSSR count). The fourth-order valence-corrected chi connectivity index (χ4v) is 2.15. The van der Waals surface area contributed by atoms with Crippen molar-refractivity contribution in [2.24, 2.45) is 0 Å². The molecular weight excluding hydrogens is 288 g/mol. The lowest BCUT2D eigenvalue weighted by Crippen LogP contribution is -1.95. The van der Waals surface area contributed by atoms with Gasteiger partial charge in [0.15, 0.2) is 0 Å². The molecule has 130 valence electrons. The van der Waals surface area contributed by atoms with Crippen molar-refractivity contribution in [2.45, 2.75) is 71.6 Å². The Bertz CT molecular complexity index is 452. The maximum absolute atomic E-state index is 9.83. The second kappa shape index (κ2) is 13.9. The number of unbranched alkanes of at least 4 members (excludes halogenated alkanes) is 6. The minimum atomic E-state index is -0.900. The van der Waals surface area contributed by atoms with Crippen LogP contribution in [0.15, 0.2) is 36.4 Å². The van der Waals surface area contributed by atoms with Crippen LogP contribution < -0.4 is 0 Å². The second-order valence-corrected chi connectivity index (χ2v) is 5.76. The van der Waals surface area contributed by atoms with Gasteiger partial charge >= 0.3 is 5.97 Å². The van der Waals surface area contributed by atoms with Crippen LogP contribution in [0, 0.1) is 0 Å². The van der Waals surface area contributed by atoms with Crippen LogP contribution >= 0.6 is 0 Å². The lowest BCUT2D eigenvalue weighted by molar-refractivity contribution is -0.132. The summed E-state index contributed by atoms with van der Waals surface area (Å²) in [5, 5.41) is 17.7. The standard InChI is InChI=1S/C15H24O.C5H8O2/c1-2-3-4-5-6-7-8-11-14-12-9-10-13-15(14)16;1-3-4(2)5(6)7/h9-10,12-13,16H,2-8,11H2,1H3;2-3H2,1H3,(H,6,7). The quantitative estimate of drug-likeness (QED) is 0.428. The third-order valence-corrected chi connectivity index (χ3v) is 3.77. The third-order valence-electron chi connectivity index (χ3n) is 3.77. The highest BCUT2D eigenvalue weighted by Crippen LogP contribution is 2.18. The molecule has 3 nitrogen and oxygen atoms in total. The van der Waals surface area contributed by atoms with E-state index >= 15 is 0 Å². The summed E-state index contributed by atoms with van der Waals surface area (Å²) in [6, 6.07) is 7.67. The number of aliphatic carboxylic acids is 1. The molecule has 0 aliphatic carbocycles. The molecule has 0 fully saturated rings. The predicted octanol–water partition coefficient (Wildman–Crippen LogP) is 5.72. The summed E-state index contributed by atoms with van der Waals surface area (Å²) in [5.74, 6) is -0.448. The van der Waals surface area contributed by atoms with E-state index in [4.69, 9.17) is 5.11 Å². The van der Waals surface area contributed by atoms with Crippen molar-refractivity contribution in [3.05, 3.63) is 42.0 Å². The number of hydrogen-bond acceptors (Lipinski definition) is 2. The van der Waals surface area contributed by atoms with Gasteiger partial charge in [-0.25, -0.2) is 4.79 Å². The average molecular weight is 320 g/mol. The first-order valence-corrected chi connectivity index (χ1v) is 8.70. The Kier molecular flexibility index (Phi) is 12.8. The third kappa shape index (κ3) is 11.5. The molecule has 1 aromatic carbocycles. The van der Waals surface area contributed by atoms with E-state index in [1.807, 2.05) is 18.2 Å². The predicted molar refractivity (Wildman–Crippen MR) is 96.9 cm³/mol. The van der Waals surface area contributed by atoms with Crippen LogP contribution in [0.4, 0.5) is 0 Å². The van der Waals surface area contributed by atoms with Crippen molar-refractivity contribution < 1.29 is 15.0 Å². The van der Waals surface area contributed by atoms with Crippen molar-refractivity contribution in [1.82, 2.24) is 0 Å². The minimum Gasteiger partial charge on any atom is -0.508 e. The molecule has 23 heavy (non-hydrogen) atoms. The average Bonchev–Trinajstić information content (AvgIpc) is 2.55. The first kappa shape index (κ1) is 21.2. The molecule has 0 unspecified atom stereocenters. The van der Waals surface area contributed by atoms with E-state index in [1.165, 1.54) is 44.9 Å². The maximum Gasteiger partial charge on any atom is 0.330 e. The number of carboxylic acids is 1. The minimum absolute atomic E-state index is 0.264. The molecule has 3 heteroatoms. The highest BCUT2D eigenvalue weighted by atomic mass is 16.4. The molecule has 0 aliphatic heterocycles. The van der Waals surface area contributed by atoms with Crippen LogP contribution in [-0.2, 0) is 11.2 Å². The molecule has 0 amide bonds. The van der Waals surface area contributed by atoms with Crippen molar-refractivity contribution in [2.75, 3.05) is 0 Å². The molecule has 2 N–H and O–H groups in total. The number of rotatable bonds is 10. The van der Waals surface area contributed by atoms with Crippen molar-refractivity contribution >= 4 is 5.97 Å². The normalized spacial score (nSPS) is 9.83. The van der Waals surface area contributed by atoms with Gasteiger partial charge in [-0.2, -0.15) is 0 Å². The molecule has 0 atom stereocenters. The molecule has 0 saturated carbocycles. The lowest BCUT2D eigenvalue weighted by atomic mass is 10.0. The summed E-state index contributed by atoms with van der Waals surface area (Å²) in [5.41, 5.74) is 1.36. The van der Waals surface area contributed by atoms with Gasteiger partial charge < -0.3 is 10.2 Å². The van der Waals surface area contributed by atoms with Crippen molar-refractivity contribution in [3.8, 4) is 5.75 Å². The Hall–Kier alpha value is -1.77. The first-order valence-electron chi connectivity index (χ1n) is 8.70. The molecule has 0 bridgehead atoms. The topological polar surface area (TPSA) is 57.5 Å². The molecule has 1 aromatic rings. The van der Waals surface area contributed by atoms with E-state index in [0.29, 0.717) is 12.2 Å². The lowest BCUT2D eigenvalue weighted by Gasteiger charge is -2.04. The van der Waals surface area contributed by atoms with E-state index in [-0.39, 0.29) is 5.57 Å². The highest BCUT2D eigenvalue weighted by molar-refractivity contribution is 5.85. The number of hydrogen-bond donors (Lipinski definition) is 2.